The smallest absolute Gasteiger partial charge is 0.0716 e. The molecule has 0 radical (unpaired) electrons. The van der Waals surface area contributed by atoms with Crippen molar-refractivity contribution in [1.82, 2.24) is 15.0 Å². The quantitative estimate of drug-likeness (QED) is 0.275. The Labute approximate surface area is 200 Å². The predicted molar refractivity (Wildman–Crippen MR) is 139 cm³/mol. The molecule has 0 aliphatic heterocycles. The fourth-order valence-corrected chi connectivity index (χ4v) is 4.09. The number of hydrogen-bond acceptors (Lipinski definition) is 4. The molecule has 2 aromatic carbocycles. The molecule has 4 heteroatoms. The highest BCUT2D eigenvalue weighted by Crippen LogP contribution is 2.31. The van der Waals surface area contributed by atoms with Crippen molar-refractivity contribution in [2.45, 2.75) is 13.5 Å². The number of nitrogens with zero attached hydrogens (tertiary/aromatic N) is 4. The highest BCUT2D eigenvalue weighted by Gasteiger charge is 2.10. The van der Waals surface area contributed by atoms with Crippen LogP contribution >= 0.6 is 0 Å². The Morgan fingerprint density at radius 1 is 0.588 bits per heavy atom. The first-order valence-electron chi connectivity index (χ1n) is 11.5. The Morgan fingerprint density at radius 2 is 1.15 bits per heavy atom. The molecule has 0 N–H and O–H groups in total. The number of aromatic nitrogens is 3. The highest BCUT2D eigenvalue weighted by molar-refractivity contribution is 5.77. The fourth-order valence-electron chi connectivity index (χ4n) is 4.09. The van der Waals surface area contributed by atoms with E-state index in [9.17, 15) is 0 Å². The van der Waals surface area contributed by atoms with Crippen LogP contribution in [0.1, 0.15) is 12.5 Å². The summed E-state index contributed by atoms with van der Waals surface area (Å²) in [5.41, 5.74) is 8.76. The van der Waals surface area contributed by atoms with Crippen LogP contribution in [0.4, 0.5) is 5.69 Å². The largest absolute Gasteiger partial charge is 0.367 e. The Hall–Kier alpha value is -4.31. The van der Waals surface area contributed by atoms with Crippen molar-refractivity contribution < 1.29 is 0 Å². The van der Waals surface area contributed by atoms with Crippen molar-refractivity contribution in [3.05, 3.63) is 121 Å². The lowest BCUT2D eigenvalue weighted by Gasteiger charge is -2.23. The van der Waals surface area contributed by atoms with Crippen molar-refractivity contribution in [1.29, 1.82) is 0 Å². The second-order valence-electron chi connectivity index (χ2n) is 8.14. The molecule has 0 atom stereocenters. The van der Waals surface area contributed by atoms with Gasteiger partial charge in [0.15, 0.2) is 0 Å². The second-order valence-corrected chi connectivity index (χ2v) is 8.14. The lowest BCUT2D eigenvalue weighted by molar-refractivity contribution is 0.832. The van der Waals surface area contributed by atoms with Crippen LogP contribution in [-0.2, 0) is 6.54 Å². The van der Waals surface area contributed by atoms with Crippen LogP contribution in [0, 0.1) is 0 Å². The molecule has 0 bridgehead atoms. The molecule has 0 saturated heterocycles. The standard InChI is InChI=1S/C30H26N4/c1-2-34(22-23-6-4-3-5-7-23)28-10-8-24(9-11-28)27-20-29(25-12-16-31-17-13-25)33-30(21-27)26-14-18-32-19-15-26/h3-21H,2,22H2,1H3. The van der Waals surface area contributed by atoms with Gasteiger partial charge in [0.25, 0.3) is 0 Å². The summed E-state index contributed by atoms with van der Waals surface area (Å²) in [5, 5.41) is 0. The molecule has 0 aliphatic rings. The van der Waals surface area contributed by atoms with Gasteiger partial charge >= 0.3 is 0 Å². The van der Waals surface area contributed by atoms with Crippen molar-refractivity contribution >= 4 is 5.69 Å². The van der Waals surface area contributed by atoms with Gasteiger partial charge in [-0.2, -0.15) is 0 Å². The van der Waals surface area contributed by atoms with E-state index >= 15 is 0 Å². The van der Waals surface area contributed by atoms with Gasteiger partial charge in [-0.1, -0.05) is 42.5 Å². The molecule has 3 aromatic heterocycles. The zero-order valence-electron chi connectivity index (χ0n) is 19.2. The molecule has 166 valence electrons. The topological polar surface area (TPSA) is 41.9 Å². The zero-order valence-corrected chi connectivity index (χ0v) is 19.2. The molecule has 0 spiro atoms. The summed E-state index contributed by atoms with van der Waals surface area (Å²) in [7, 11) is 0. The average Bonchev–Trinajstić information content (AvgIpc) is 2.93. The van der Waals surface area contributed by atoms with Gasteiger partial charge in [-0.3, -0.25) is 9.97 Å². The summed E-state index contributed by atoms with van der Waals surface area (Å²) in [4.78, 5) is 15.6. The van der Waals surface area contributed by atoms with Crippen LogP contribution in [0.15, 0.2) is 116 Å². The van der Waals surface area contributed by atoms with E-state index in [4.69, 9.17) is 4.98 Å². The van der Waals surface area contributed by atoms with Gasteiger partial charge in [0, 0.05) is 54.7 Å². The van der Waals surface area contributed by atoms with E-state index < -0.39 is 0 Å². The van der Waals surface area contributed by atoms with Crippen molar-refractivity contribution in [2.24, 2.45) is 0 Å². The maximum absolute atomic E-state index is 4.94. The maximum Gasteiger partial charge on any atom is 0.0716 e. The number of rotatable bonds is 7. The molecule has 0 unspecified atom stereocenters. The van der Waals surface area contributed by atoms with Gasteiger partial charge < -0.3 is 4.90 Å². The average molecular weight is 443 g/mol. The van der Waals surface area contributed by atoms with Crippen molar-refractivity contribution in [3.63, 3.8) is 0 Å². The van der Waals surface area contributed by atoms with E-state index in [-0.39, 0.29) is 0 Å². The molecular formula is C30H26N4. The molecule has 0 amide bonds. The fraction of sp³-hybridized carbons (Fsp3) is 0.100. The van der Waals surface area contributed by atoms with Crippen LogP contribution in [0.2, 0.25) is 0 Å². The van der Waals surface area contributed by atoms with E-state index in [2.05, 4.69) is 88.5 Å². The molecule has 0 fully saturated rings. The van der Waals surface area contributed by atoms with E-state index in [1.165, 1.54) is 11.3 Å². The minimum atomic E-state index is 0.893. The number of hydrogen-bond donors (Lipinski definition) is 0. The SMILES string of the molecule is CCN(Cc1ccccc1)c1ccc(-c2cc(-c3ccncc3)nc(-c3ccncc3)c2)cc1. The first-order chi connectivity index (χ1) is 16.8. The lowest BCUT2D eigenvalue weighted by Crippen LogP contribution is -2.21. The molecule has 34 heavy (non-hydrogen) atoms. The van der Waals surface area contributed by atoms with Crippen LogP contribution in [0.5, 0.6) is 0 Å². The summed E-state index contributed by atoms with van der Waals surface area (Å²) < 4.78 is 0. The molecule has 5 rings (SSSR count). The van der Waals surface area contributed by atoms with Gasteiger partial charge in [-0.15, -0.1) is 0 Å². The predicted octanol–water partition coefficient (Wildman–Crippen LogP) is 6.90. The minimum absolute atomic E-state index is 0.893. The molecule has 5 aromatic rings. The summed E-state index contributed by atoms with van der Waals surface area (Å²) in [6, 6.07) is 31.7. The van der Waals surface area contributed by atoms with Crippen LogP contribution < -0.4 is 4.90 Å². The Balaban J connectivity index is 1.50. The Morgan fingerprint density at radius 3 is 1.68 bits per heavy atom. The summed E-state index contributed by atoms with van der Waals surface area (Å²) >= 11 is 0. The third-order valence-corrected chi connectivity index (χ3v) is 5.94. The zero-order chi connectivity index (χ0) is 23.2. The number of anilines is 1. The molecule has 3 heterocycles. The highest BCUT2D eigenvalue weighted by atomic mass is 15.1. The molecule has 0 saturated carbocycles. The van der Waals surface area contributed by atoms with Gasteiger partial charge in [-0.25, -0.2) is 4.98 Å². The Bertz CT molecular complexity index is 1280. The monoisotopic (exact) mass is 442 g/mol. The van der Waals surface area contributed by atoms with E-state index in [0.717, 1.165) is 46.7 Å². The van der Waals surface area contributed by atoms with Gasteiger partial charge in [0.05, 0.1) is 11.4 Å². The number of pyridine rings is 3. The first kappa shape index (κ1) is 21.5. The minimum Gasteiger partial charge on any atom is -0.367 e. The normalized spacial score (nSPS) is 10.7. The summed E-state index contributed by atoms with van der Waals surface area (Å²) in [6.07, 6.45) is 7.21. The molecule has 0 aliphatic carbocycles. The third-order valence-electron chi connectivity index (χ3n) is 5.94. The van der Waals surface area contributed by atoms with Crippen LogP contribution in [-0.4, -0.2) is 21.5 Å². The summed E-state index contributed by atoms with van der Waals surface area (Å²) in [6.45, 7) is 4.04. The van der Waals surface area contributed by atoms with Crippen molar-refractivity contribution in [3.8, 4) is 33.6 Å². The lowest BCUT2D eigenvalue weighted by atomic mass is 10.0. The summed E-state index contributed by atoms with van der Waals surface area (Å²) in [5.74, 6) is 0. The first-order valence-corrected chi connectivity index (χ1v) is 11.5. The maximum atomic E-state index is 4.94. The molecule has 4 nitrogen and oxygen atoms in total. The van der Waals surface area contributed by atoms with Crippen LogP contribution in [0.25, 0.3) is 33.6 Å². The van der Waals surface area contributed by atoms with E-state index in [1.807, 2.05) is 24.3 Å². The van der Waals surface area contributed by atoms with E-state index in [0.29, 0.717) is 0 Å². The van der Waals surface area contributed by atoms with Crippen molar-refractivity contribution in [2.75, 3.05) is 11.4 Å². The van der Waals surface area contributed by atoms with Gasteiger partial charge in [0.1, 0.15) is 0 Å². The Kier molecular flexibility index (Phi) is 6.39. The van der Waals surface area contributed by atoms with Crippen LogP contribution in [0.3, 0.4) is 0 Å². The van der Waals surface area contributed by atoms with Gasteiger partial charge in [-0.05, 0) is 72.1 Å². The second kappa shape index (κ2) is 10.1. The van der Waals surface area contributed by atoms with E-state index in [1.54, 1.807) is 24.8 Å². The molecular weight excluding hydrogens is 416 g/mol. The number of benzene rings is 2. The third kappa shape index (κ3) is 4.86. The van der Waals surface area contributed by atoms with Gasteiger partial charge in [0.2, 0.25) is 0 Å².